The molecule has 28 heavy (non-hydrogen) atoms. The molecule has 2 aromatic carbocycles. The highest BCUT2D eigenvalue weighted by Crippen LogP contribution is 2.51. The highest BCUT2D eigenvalue weighted by Gasteiger charge is 2.24. The van der Waals surface area contributed by atoms with Gasteiger partial charge in [0.05, 0.1) is 24.9 Å². The number of rotatable bonds is 8. The molecule has 0 aliphatic rings. The van der Waals surface area contributed by atoms with Gasteiger partial charge in [-0.3, -0.25) is 4.57 Å². The molecule has 0 aliphatic carbocycles. The number of nitrogens with zero attached hydrogens (tertiary/aromatic N) is 2. The molecule has 0 saturated carbocycles. The average molecular weight is 464 g/mol. The first-order valence-corrected chi connectivity index (χ1v) is 11.6. The molecule has 3 rings (SSSR count). The minimum absolute atomic E-state index is 0.239. The van der Waals surface area contributed by atoms with Gasteiger partial charge in [-0.2, -0.15) is 0 Å². The summed E-state index contributed by atoms with van der Waals surface area (Å²) in [7, 11) is -1.28. The zero-order valence-corrected chi connectivity index (χ0v) is 18.6. The van der Waals surface area contributed by atoms with Crippen LogP contribution >= 0.6 is 23.5 Å². The summed E-state index contributed by atoms with van der Waals surface area (Å²) in [4.78, 5) is 9.33. The second-order valence-electron chi connectivity index (χ2n) is 6.11. The summed E-state index contributed by atoms with van der Waals surface area (Å²) in [6, 6.07) is 13.6. The number of benzene rings is 2. The van der Waals surface area contributed by atoms with Gasteiger partial charge in [0.25, 0.3) is 0 Å². The number of anilines is 1. The van der Waals surface area contributed by atoms with Crippen LogP contribution in [-0.4, -0.2) is 30.2 Å². The molecule has 8 heteroatoms. The van der Waals surface area contributed by atoms with Gasteiger partial charge in [-0.15, -0.1) is 0 Å². The fourth-order valence-electron chi connectivity index (χ4n) is 2.93. The van der Waals surface area contributed by atoms with E-state index in [-0.39, 0.29) is 6.16 Å². The van der Waals surface area contributed by atoms with Crippen LogP contribution in [0.2, 0.25) is 0 Å². The molecule has 1 heterocycles. The summed E-state index contributed by atoms with van der Waals surface area (Å²) in [6.07, 6.45) is 0.239. The largest absolute Gasteiger partial charge is 0.373 e. The van der Waals surface area contributed by atoms with E-state index in [1.54, 1.807) is 0 Å². The topological polar surface area (TPSA) is 73.3 Å². The highest BCUT2D eigenvalue weighted by molar-refractivity contribution is 9.10. The van der Waals surface area contributed by atoms with Gasteiger partial charge >= 0.3 is 7.60 Å². The van der Waals surface area contributed by atoms with Gasteiger partial charge in [0, 0.05) is 22.5 Å². The molecule has 0 aliphatic heterocycles. The van der Waals surface area contributed by atoms with E-state index in [1.807, 2.05) is 63.4 Å². The third kappa shape index (κ3) is 4.78. The number of nitrogens with one attached hydrogen (secondary N) is 1. The van der Waals surface area contributed by atoms with E-state index < -0.39 is 7.60 Å². The van der Waals surface area contributed by atoms with E-state index in [4.69, 9.17) is 9.05 Å². The lowest BCUT2D eigenvalue weighted by atomic mass is 10.1. The summed E-state index contributed by atoms with van der Waals surface area (Å²) in [6.45, 7) is 4.32. The lowest BCUT2D eigenvalue weighted by molar-refractivity contribution is 0.219. The Morgan fingerprint density at radius 3 is 2.32 bits per heavy atom. The molecule has 0 fully saturated rings. The van der Waals surface area contributed by atoms with E-state index in [1.165, 1.54) is 0 Å². The highest BCUT2D eigenvalue weighted by atomic mass is 79.9. The van der Waals surface area contributed by atoms with E-state index in [9.17, 15) is 4.57 Å². The molecular formula is C20H23BrN3O3P. The smallest absolute Gasteiger partial charge is 0.335 e. The van der Waals surface area contributed by atoms with Crippen LogP contribution in [0.1, 0.15) is 19.4 Å². The van der Waals surface area contributed by atoms with Gasteiger partial charge in [-0.1, -0.05) is 40.2 Å². The summed E-state index contributed by atoms with van der Waals surface area (Å²) < 4.78 is 24.4. The van der Waals surface area contributed by atoms with E-state index in [0.717, 1.165) is 32.3 Å². The van der Waals surface area contributed by atoms with E-state index in [2.05, 4.69) is 31.2 Å². The van der Waals surface area contributed by atoms with Crippen molar-refractivity contribution in [3.63, 3.8) is 0 Å². The van der Waals surface area contributed by atoms with Crippen molar-refractivity contribution in [3.05, 3.63) is 52.5 Å². The molecule has 1 aromatic heterocycles. The van der Waals surface area contributed by atoms with Crippen molar-refractivity contribution >= 4 is 40.2 Å². The predicted molar refractivity (Wildman–Crippen MR) is 117 cm³/mol. The molecule has 0 atom stereocenters. The SMILES string of the molecule is CCOP(=O)(Cc1ccc(-c2nc(NC)c3cc(Br)ccc3n2)cc1)OCC. The zero-order chi connectivity index (χ0) is 20.1. The summed E-state index contributed by atoms with van der Waals surface area (Å²) in [5, 5.41) is 4.09. The minimum atomic E-state index is -3.12. The quantitative estimate of drug-likeness (QED) is 0.421. The maximum atomic E-state index is 12.7. The summed E-state index contributed by atoms with van der Waals surface area (Å²) in [5.41, 5.74) is 2.62. The van der Waals surface area contributed by atoms with Gasteiger partial charge in [0.15, 0.2) is 5.82 Å². The van der Waals surface area contributed by atoms with Crippen LogP contribution in [0.4, 0.5) is 5.82 Å². The van der Waals surface area contributed by atoms with E-state index >= 15 is 0 Å². The van der Waals surface area contributed by atoms with Crippen LogP contribution in [-0.2, 0) is 19.8 Å². The van der Waals surface area contributed by atoms with Crippen LogP contribution in [0.25, 0.3) is 22.3 Å². The van der Waals surface area contributed by atoms with Gasteiger partial charge < -0.3 is 14.4 Å². The second kappa shape index (κ2) is 9.14. The summed E-state index contributed by atoms with van der Waals surface area (Å²) in [5.74, 6) is 1.39. The maximum absolute atomic E-state index is 12.7. The Balaban J connectivity index is 1.91. The molecule has 148 valence electrons. The van der Waals surface area contributed by atoms with Crippen molar-refractivity contribution in [3.8, 4) is 11.4 Å². The Kier molecular flexibility index (Phi) is 6.83. The third-order valence-electron chi connectivity index (χ3n) is 4.13. The molecule has 0 radical (unpaired) electrons. The van der Waals surface area contributed by atoms with Crippen molar-refractivity contribution in [1.82, 2.24) is 9.97 Å². The second-order valence-corrected chi connectivity index (χ2v) is 9.08. The van der Waals surface area contributed by atoms with Crippen molar-refractivity contribution in [2.45, 2.75) is 20.0 Å². The molecule has 1 N–H and O–H groups in total. The van der Waals surface area contributed by atoms with Gasteiger partial charge in [0.1, 0.15) is 5.82 Å². The number of aromatic nitrogens is 2. The van der Waals surface area contributed by atoms with E-state index in [0.29, 0.717) is 19.0 Å². The lowest BCUT2D eigenvalue weighted by Gasteiger charge is -2.17. The lowest BCUT2D eigenvalue weighted by Crippen LogP contribution is -2.00. The van der Waals surface area contributed by atoms with Crippen LogP contribution < -0.4 is 5.32 Å². The fourth-order valence-corrected chi connectivity index (χ4v) is 4.99. The Bertz CT molecular complexity index is 1000. The molecule has 0 amide bonds. The zero-order valence-electron chi connectivity index (χ0n) is 16.1. The summed E-state index contributed by atoms with van der Waals surface area (Å²) >= 11 is 3.49. The first-order chi connectivity index (χ1) is 13.5. The van der Waals surface area contributed by atoms with Crippen LogP contribution in [0.3, 0.4) is 0 Å². The average Bonchev–Trinajstić information content (AvgIpc) is 2.68. The molecular weight excluding hydrogens is 441 g/mol. The fraction of sp³-hybridized carbons (Fsp3) is 0.300. The van der Waals surface area contributed by atoms with Crippen molar-refractivity contribution < 1.29 is 13.6 Å². The molecule has 6 nitrogen and oxygen atoms in total. The Morgan fingerprint density at radius 2 is 1.71 bits per heavy atom. The van der Waals surface area contributed by atoms with Crippen LogP contribution in [0.5, 0.6) is 0 Å². The number of hydrogen-bond acceptors (Lipinski definition) is 6. The Morgan fingerprint density at radius 1 is 1.04 bits per heavy atom. The number of hydrogen-bond donors (Lipinski definition) is 1. The van der Waals surface area contributed by atoms with Crippen molar-refractivity contribution in [1.29, 1.82) is 0 Å². The molecule has 0 saturated heterocycles. The maximum Gasteiger partial charge on any atom is 0.335 e. The van der Waals surface area contributed by atoms with Crippen molar-refractivity contribution in [2.75, 3.05) is 25.6 Å². The van der Waals surface area contributed by atoms with Crippen LogP contribution in [0, 0.1) is 0 Å². The first kappa shape index (κ1) is 20.9. The monoisotopic (exact) mass is 463 g/mol. The molecule has 0 bridgehead atoms. The predicted octanol–water partition coefficient (Wildman–Crippen LogP) is 5.87. The Labute approximate surface area is 173 Å². The Hall–Kier alpha value is -1.79. The standard InChI is InChI=1S/C20H23BrN3O3P/c1-4-26-28(25,27-5-2)13-14-6-8-15(9-7-14)19-23-18-11-10-16(21)12-17(18)20(22-3)24-19/h6-12H,4-5,13H2,1-3H3,(H,22,23,24). The molecule has 3 aromatic rings. The van der Waals surface area contributed by atoms with Crippen molar-refractivity contribution in [2.24, 2.45) is 0 Å². The number of halogens is 1. The third-order valence-corrected chi connectivity index (χ3v) is 6.68. The minimum Gasteiger partial charge on any atom is -0.373 e. The van der Waals surface area contributed by atoms with Gasteiger partial charge in [-0.05, 0) is 37.6 Å². The van der Waals surface area contributed by atoms with Gasteiger partial charge in [0.2, 0.25) is 0 Å². The van der Waals surface area contributed by atoms with Crippen LogP contribution in [0.15, 0.2) is 46.9 Å². The molecule has 0 unspecified atom stereocenters. The van der Waals surface area contributed by atoms with Gasteiger partial charge in [-0.25, -0.2) is 9.97 Å². The molecule has 0 spiro atoms. The first-order valence-electron chi connectivity index (χ1n) is 9.10. The number of fused-ring (bicyclic) bond motifs is 1. The normalized spacial score (nSPS) is 11.7.